The van der Waals surface area contributed by atoms with Gasteiger partial charge in [0.1, 0.15) is 0 Å². The van der Waals surface area contributed by atoms with Crippen LogP contribution in [0.15, 0.2) is 0 Å². The summed E-state index contributed by atoms with van der Waals surface area (Å²) in [6, 6.07) is 0.412. The number of halogens is 1. The molecule has 1 aliphatic heterocycles. The number of carbonyl (C=O) groups excluding carboxylic acids is 1. The molecule has 0 spiro atoms. The fraction of sp³-hybridized carbons (Fsp3) is 0.929. The average Bonchev–Trinajstić information content (AvgIpc) is 2.83. The molecule has 1 amide bonds. The molecule has 110 valence electrons. The van der Waals surface area contributed by atoms with Crippen molar-refractivity contribution in [3.8, 4) is 0 Å². The van der Waals surface area contributed by atoms with Crippen LogP contribution >= 0.6 is 12.4 Å². The van der Waals surface area contributed by atoms with E-state index in [1.54, 1.807) is 0 Å². The van der Waals surface area contributed by atoms with E-state index in [-0.39, 0.29) is 30.5 Å². The van der Waals surface area contributed by atoms with Crippen molar-refractivity contribution in [3.05, 3.63) is 0 Å². The highest BCUT2D eigenvalue weighted by Gasteiger charge is 2.41. The second-order valence-electron chi connectivity index (χ2n) is 5.99. The minimum atomic E-state index is 0. The lowest BCUT2D eigenvalue weighted by Crippen LogP contribution is -2.57. The van der Waals surface area contributed by atoms with Gasteiger partial charge in [0.25, 0.3) is 0 Å². The van der Waals surface area contributed by atoms with Crippen molar-refractivity contribution in [3.63, 3.8) is 0 Å². The highest BCUT2D eigenvalue weighted by atomic mass is 35.5. The van der Waals surface area contributed by atoms with Gasteiger partial charge in [0.05, 0.1) is 24.7 Å². The summed E-state index contributed by atoms with van der Waals surface area (Å²) in [4.78, 5) is 14.8. The van der Waals surface area contributed by atoms with E-state index in [2.05, 4.69) is 4.90 Å². The Morgan fingerprint density at radius 1 is 1.11 bits per heavy atom. The van der Waals surface area contributed by atoms with Crippen LogP contribution in [0.1, 0.15) is 44.9 Å². The summed E-state index contributed by atoms with van der Waals surface area (Å²) in [6.07, 6.45) is 8.08. The third kappa shape index (κ3) is 2.91. The number of ether oxygens (including phenoxy) is 1. The Labute approximate surface area is 121 Å². The van der Waals surface area contributed by atoms with Crippen LogP contribution in [0.25, 0.3) is 0 Å². The standard InChI is InChI=1S/C14H24N2O2.ClH/c15-11-5-3-4-10(11)14(17)16-8-9-18-13-7-2-1-6-12(13)16;/h10-13H,1-9,15H2;1H. The molecular formula is C14H25ClN2O2. The smallest absolute Gasteiger partial charge is 0.227 e. The summed E-state index contributed by atoms with van der Waals surface area (Å²) in [6.45, 7) is 1.47. The minimum absolute atomic E-state index is 0. The largest absolute Gasteiger partial charge is 0.374 e. The summed E-state index contributed by atoms with van der Waals surface area (Å²) in [5.74, 6) is 0.380. The molecule has 1 saturated heterocycles. The summed E-state index contributed by atoms with van der Waals surface area (Å²) in [5.41, 5.74) is 6.08. The number of hydrogen-bond acceptors (Lipinski definition) is 3. The number of morpholine rings is 1. The van der Waals surface area contributed by atoms with Crippen LogP contribution in [0, 0.1) is 5.92 Å². The monoisotopic (exact) mass is 288 g/mol. The molecule has 0 aromatic carbocycles. The number of hydrogen-bond donors (Lipinski definition) is 1. The topological polar surface area (TPSA) is 55.6 Å². The normalized spacial score (nSPS) is 38.5. The lowest BCUT2D eigenvalue weighted by atomic mass is 9.89. The number of fused-ring (bicyclic) bond motifs is 1. The highest BCUT2D eigenvalue weighted by Crippen LogP contribution is 2.32. The number of amides is 1. The van der Waals surface area contributed by atoms with Gasteiger partial charge in [0, 0.05) is 12.6 Å². The molecule has 2 aliphatic carbocycles. The maximum Gasteiger partial charge on any atom is 0.227 e. The lowest BCUT2D eigenvalue weighted by Gasteiger charge is -2.45. The van der Waals surface area contributed by atoms with Crippen LogP contribution in [0.4, 0.5) is 0 Å². The molecular weight excluding hydrogens is 264 g/mol. The zero-order valence-electron chi connectivity index (χ0n) is 11.4. The fourth-order valence-electron chi connectivity index (χ4n) is 3.88. The first-order valence-corrected chi connectivity index (χ1v) is 7.45. The SMILES string of the molecule is Cl.NC1CCCC1C(=O)N1CCOC2CCCCC21. The van der Waals surface area contributed by atoms with Crippen molar-refractivity contribution in [2.24, 2.45) is 11.7 Å². The van der Waals surface area contributed by atoms with E-state index in [1.807, 2.05) is 0 Å². The maximum absolute atomic E-state index is 12.7. The van der Waals surface area contributed by atoms with E-state index in [9.17, 15) is 4.79 Å². The van der Waals surface area contributed by atoms with Crippen molar-refractivity contribution < 1.29 is 9.53 Å². The van der Waals surface area contributed by atoms with Gasteiger partial charge in [-0.1, -0.05) is 19.3 Å². The van der Waals surface area contributed by atoms with Crippen LogP contribution in [0.5, 0.6) is 0 Å². The van der Waals surface area contributed by atoms with Gasteiger partial charge in [-0.3, -0.25) is 4.79 Å². The second kappa shape index (κ2) is 6.42. The molecule has 3 aliphatic rings. The quantitative estimate of drug-likeness (QED) is 0.799. The van der Waals surface area contributed by atoms with E-state index in [0.29, 0.717) is 18.6 Å². The van der Waals surface area contributed by atoms with Crippen LogP contribution in [0.3, 0.4) is 0 Å². The second-order valence-corrected chi connectivity index (χ2v) is 5.99. The van der Waals surface area contributed by atoms with Crippen molar-refractivity contribution >= 4 is 18.3 Å². The van der Waals surface area contributed by atoms with Crippen molar-refractivity contribution in [2.45, 2.75) is 63.1 Å². The predicted molar refractivity (Wildman–Crippen MR) is 76.3 cm³/mol. The summed E-state index contributed by atoms with van der Waals surface area (Å²) in [5, 5.41) is 0. The number of nitrogens with two attached hydrogens (primary N) is 1. The van der Waals surface area contributed by atoms with Crippen LogP contribution in [0.2, 0.25) is 0 Å². The van der Waals surface area contributed by atoms with E-state index < -0.39 is 0 Å². The van der Waals surface area contributed by atoms with Crippen LogP contribution in [-0.2, 0) is 9.53 Å². The van der Waals surface area contributed by atoms with Gasteiger partial charge in [0.15, 0.2) is 0 Å². The molecule has 3 fully saturated rings. The summed E-state index contributed by atoms with van der Waals surface area (Å²) in [7, 11) is 0. The Morgan fingerprint density at radius 3 is 2.63 bits per heavy atom. The molecule has 0 bridgehead atoms. The van der Waals surface area contributed by atoms with E-state index >= 15 is 0 Å². The Bertz CT molecular complexity index is 325. The van der Waals surface area contributed by atoms with Gasteiger partial charge < -0.3 is 15.4 Å². The Kier molecular flexibility index (Phi) is 5.09. The Morgan fingerprint density at radius 2 is 1.89 bits per heavy atom. The van der Waals surface area contributed by atoms with Crippen molar-refractivity contribution in [1.29, 1.82) is 0 Å². The molecule has 4 nitrogen and oxygen atoms in total. The molecule has 0 aromatic rings. The van der Waals surface area contributed by atoms with Gasteiger partial charge in [0.2, 0.25) is 5.91 Å². The van der Waals surface area contributed by atoms with Crippen molar-refractivity contribution in [1.82, 2.24) is 4.90 Å². The molecule has 5 heteroatoms. The molecule has 2 N–H and O–H groups in total. The Hall–Kier alpha value is -0.320. The van der Waals surface area contributed by atoms with E-state index in [4.69, 9.17) is 10.5 Å². The number of nitrogens with zero attached hydrogens (tertiary/aromatic N) is 1. The summed E-state index contributed by atoms with van der Waals surface area (Å²) < 4.78 is 5.83. The lowest BCUT2D eigenvalue weighted by molar-refractivity contribution is -0.153. The number of carbonyl (C=O) groups is 1. The zero-order chi connectivity index (χ0) is 12.5. The van der Waals surface area contributed by atoms with Gasteiger partial charge in [-0.05, 0) is 25.7 Å². The predicted octanol–water partition coefficient (Wildman–Crippen LogP) is 1.71. The zero-order valence-corrected chi connectivity index (χ0v) is 12.2. The van der Waals surface area contributed by atoms with Gasteiger partial charge in [-0.25, -0.2) is 0 Å². The van der Waals surface area contributed by atoms with Crippen LogP contribution < -0.4 is 5.73 Å². The highest BCUT2D eigenvalue weighted by molar-refractivity contribution is 5.85. The first kappa shape index (κ1) is 15.1. The number of rotatable bonds is 1. The molecule has 0 aromatic heterocycles. The third-order valence-electron chi connectivity index (χ3n) is 4.90. The minimum Gasteiger partial charge on any atom is -0.374 e. The van der Waals surface area contributed by atoms with Gasteiger partial charge in [-0.15, -0.1) is 12.4 Å². The van der Waals surface area contributed by atoms with Gasteiger partial charge >= 0.3 is 0 Å². The molecule has 19 heavy (non-hydrogen) atoms. The molecule has 4 unspecified atom stereocenters. The molecule has 4 atom stereocenters. The molecule has 0 radical (unpaired) electrons. The molecule has 3 rings (SSSR count). The first-order valence-electron chi connectivity index (χ1n) is 7.45. The molecule has 1 heterocycles. The van der Waals surface area contributed by atoms with Crippen LogP contribution in [-0.4, -0.2) is 42.1 Å². The fourth-order valence-corrected chi connectivity index (χ4v) is 3.88. The third-order valence-corrected chi connectivity index (χ3v) is 4.90. The molecule has 2 saturated carbocycles. The maximum atomic E-state index is 12.7. The first-order chi connectivity index (χ1) is 8.77. The van der Waals surface area contributed by atoms with E-state index in [1.165, 1.54) is 12.8 Å². The average molecular weight is 289 g/mol. The van der Waals surface area contributed by atoms with Gasteiger partial charge in [-0.2, -0.15) is 0 Å². The summed E-state index contributed by atoms with van der Waals surface area (Å²) >= 11 is 0. The van der Waals surface area contributed by atoms with Crippen molar-refractivity contribution in [2.75, 3.05) is 13.2 Å². The Balaban J connectivity index is 0.00000133. The van der Waals surface area contributed by atoms with E-state index in [0.717, 1.165) is 38.6 Å².